The van der Waals surface area contributed by atoms with Crippen molar-refractivity contribution in [3.8, 4) is 22.6 Å². The number of rotatable bonds is 3. The van der Waals surface area contributed by atoms with Crippen LogP contribution < -0.4 is 5.30 Å². The van der Waals surface area contributed by atoms with E-state index in [1.54, 1.807) is 24.7 Å². The molecular formula is C15H13N4OP. The lowest BCUT2D eigenvalue weighted by atomic mass is 10.1. The van der Waals surface area contributed by atoms with Crippen molar-refractivity contribution in [2.75, 3.05) is 0 Å². The summed E-state index contributed by atoms with van der Waals surface area (Å²) in [5.74, 6) is 0. The van der Waals surface area contributed by atoms with Gasteiger partial charge in [0.15, 0.2) is 0 Å². The minimum absolute atomic E-state index is 0.344. The van der Waals surface area contributed by atoms with E-state index in [4.69, 9.17) is 0 Å². The van der Waals surface area contributed by atoms with Gasteiger partial charge in [-0.25, -0.2) is 4.98 Å². The maximum Gasteiger partial charge on any atom is 0.115 e. The first-order valence-corrected chi connectivity index (χ1v) is 6.94. The van der Waals surface area contributed by atoms with Crippen LogP contribution in [0.2, 0.25) is 0 Å². The van der Waals surface area contributed by atoms with Gasteiger partial charge < -0.3 is 4.57 Å². The average molecular weight is 296 g/mol. The fourth-order valence-electron chi connectivity index (χ4n) is 2.20. The van der Waals surface area contributed by atoms with Crippen LogP contribution in [-0.2, 0) is 7.05 Å². The van der Waals surface area contributed by atoms with Gasteiger partial charge in [0.05, 0.1) is 17.7 Å². The highest BCUT2D eigenvalue weighted by atomic mass is 31.0. The van der Waals surface area contributed by atoms with Crippen molar-refractivity contribution in [3.05, 3.63) is 53.8 Å². The number of aryl methyl sites for hydroxylation is 1. The highest BCUT2D eigenvalue weighted by Gasteiger charge is 2.14. The van der Waals surface area contributed by atoms with Gasteiger partial charge in [0, 0.05) is 18.8 Å². The number of pyridine rings is 1. The monoisotopic (exact) mass is 296 g/mol. The summed E-state index contributed by atoms with van der Waals surface area (Å²) >= 11 is 0. The molecule has 0 saturated carbocycles. The van der Waals surface area contributed by atoms with Crippen molar-refractivity contribution >= 4 is 20.2 Å². The molecule has 2 heterocycles. The Morgan fingerprint density at radius 3 is 2.62 bits per heavy atom. The van der Waals surface area contributed by atoms with E-state index in [0.29, 0.717) is 11.4 Å². The maximum atomic E-state index is 10.7. The standard InChI is InChI=1S/C15H13N4OP/c1-19-9-17-14(13-8-11(18-20)6-7-16-13)15(19)10-2-4-12(21)5-3-10/h2-9H,21H2,1H3. The van der Waals surface area contributed by atoms with E-state index in [2.05, 4.69) is 24.4 Å². The number of hydrogen-bond acceptors (Lipinski definition) is 4. The molecule has 1 aromatic carbocycles. The van der Waals surface area contributed by atoms with Gasteiger partial charge in [-0.1, -0.05) is 24.3 Å². The van der Waals surface area contributed by atoms with Gasteiger partial charge in [0.25, 0.3) is 0 Å². The Hall–Kier alpha value is -2.39. The number of hydrogen-bond donors (Lipinski definition) is 0. The average Bonchev–Trinajstić information content (AvgIpc) is 2.90. The molecule has 0 saturated heterocycles. The summed E-state index contributed by atoms with van der Waals surface area (Å²) in [6, 6.07) is 11.3. The number of benzene rings is 1. The third-order valence-corrected chi connectivity index (χ3v) is 3.60. The molecule has 0 fully saturated rings. The predicted octanol–water partition coefficient (Wildman–Crippen LogP) is 3.05. The number of nitrogens with zero attached hydrogens (tertiary/aromatic N) is 4. The first-order valence-electron chi connectivity index (χ1n) is 6.36. The molecule has 1 atom stereocenters. The quantitative estimate of drug-likeness (QED) is 0.551. The van der Waals surface area contributed by atoms with Gasteiger partial charge in [-0.3, -0.25) is 4.98 Å². The van der Waals surface area contributed by atoms with Crippen LogP contribution in [0.3, 0.4) is 0 Å². The summed E-state index contributed by atoms with van der Waals surface area (Å²) in [6.45, 7) is 0. The SMILES string of the molecule is Cn1cnc(-c2cc(N=O)ccn2)c1-c1ccc(P)cc1. The number of nitroso groups, excluding NO2 is 1. The van der Waals surface area contributed by atoms with Crippen LogP contribution in [0.15, 0.2) is 54.1 Å². The van der Waals surface area contributed by atoms with Gasteiger partial charge in [0.1, 0.15) is 11.4 Å². The van der Waals surface area contributed by atoms with Crippen molar-refractivity contribution in [2.45, 2.75) is 0 Å². The van der Waals surface area contributed by atoms with Crippen LogP contribution in [0.5, 0.6) is 0 Å². The smallest absolute Gasteiger partial charge is 0.115 e. The topological polar surface area (TPSA) is 60.1 Å². The molecule has 0 aliphatic rings. The first kappa shape index (κ1) is 13.6. The van der Waals surface area contributed by atoms with Crippen LogP contribution in [0, 0.1) is 4.91 Å². The van der Waals surface area contributed by atoms with Crippen LogP contribution in [0.25, 0.3) is 22.6 Å². The fraction of sp³-hybridized carbons (Fsp3) is 0.0667. The molecule has 104 valence electrons. The van der Waals surface area contributed by atoms with Crippen LogP contribution >= 0.6 is 9.24 Å². The second-order valence-electron chi connectivity index (χ2n) is 4.67. The van der Waals surface area contributed by atoms with Crippen LogP contribution in [0.4, 0.5) is 5.69 Å². The molecule has 3 aromatic rings. The molecule has 5 nitrogen and oxygen atoms in total. The Balaban J connectivity index is 2.16. The van der Waals surface area contributed by atoms with Gasteiger partial charge in [-0.15, -0.1) is 14.1 Å². The third kappa shape index (κ3) is 2.60. The normalized spacial score (nSPS) is 10.6. The molecule has 2 aromatic heterocycles. The summed E-state index contributed by atoms with van der Waals surface area (Å²) in [4.78, 5) is 19.4. The van der Waals surface area contributed by atoms with E-state index in [9.17, 15) is 4.91 Å². The van der Waals surface area contributed by atoms with Crippen molar-refractivity contribution in [3.63, 3.8) is 0 Å². The minimum Gasteiger partial charge on any atom is -0.333 e. The second kappa shape index (κ2) is 5.54. The van der Waals surface area contributed by atoms with Gasteiger partial charge in [0.2, 0.25) is 0 Å². The summed E-state index contributed by atoms with van der Waals surface area (Å²) in [5, 5.41) is 4.07. The Kier molecular flexibility index (Phi) is 3.59. The van der Waals surface area contributed by atoms with Crippen molar-refractivity contribution in [1.29, 1.82) is 0 Å². The Labute approximate surface area is 124 Å². The molecule has 0 aliphatic heterocycles. The van der Waals surface area contributed by atoms with Crippen LogP contribution in [-0.4, -0.2) is 14.5 Å². The van der Waals surface area contributed by atoms with Gasteiger partial charge >= 0.3 is 0 Å². The summed E-state index contributed by atoms with van der Waals surface area (Å²) in [6.07, 6.45) is 3.30. The molecule has 6 heteroatoms. The van der Waals surface area contributed by atoms with Crippen molar-refractivity contribution in [2.24, 2.45) is 12.2 Å². The van der Waals surface area contributed by atoms with E-state index in [-0.39, 0.29) is 0 Å². The zero-order valence-electron chi connectivity index (χ0n) is 11.4. The second-order valence-corrected chi connectivity index (χ2v) is 5.33. The highest BCUT2D eigenvalue weighted by molar-refractivity contribution is 7.27. The lowest BCUT2D eigenvalue weighted by Gasteiger charge is -2.07. The van der Waals surface area contributed by atoms with E-state index < -0.39 is 0 Å². The lowest BCUT2D eigenvalue weighted by molar-refractivity contribution is 0.921. The predicted molar refractivity (Wildman–Crippen MR) is 86.7 cm³/mol. The maximum absolute atomic E-state index is 10.7. The summed E-state index contributed by atoms with van der Waals surface area (Å²) in [5.41, 5.74) is 3.71. The Bertz CT molecular complexity index is 796. The Morgan fingerprint density at radius 2 is 1.90 bits per heavy atom. The molecule has 0 radical (unpaired) electrons. The van der Waals surface area contributed by atoms with Crippen molar-refractivity contribution in [1.82, 2.24) is 14.5 Å². The lowest BCUT2D eigenvalue weighted by Crippen LogP contribution is -1.95. The number of aromatic nitrogens is 3. The molecule has 1 unspecified atom stereocenters. The zero-order valence-corrected chi connectivity index (χ0v) is 12.5. The van der Waals surface area contributed by atoms with E-state index >= 15 is 0 Å². The van der Waals surface area contributed by atoms with Crippen LogP contribution in [0.1, 0.15) is 0 Å². The van der Waals surface area contributed by atoms with E-state index in [1.807, 2.05) is 35.9 Å². The fourth-order valence-corrected chi connectivity index (χ4v) is 2.40. The molecule has 0 bridgehead atoms. The molecule has 21 heavy (non-hydrogen) atoms. The molecule has 0 spiro atoms. The van der Waals surface area contributed by atoms with Gasteiger partial charge in [-0.05, 0) is 22.6 Å². The minimum atomic E-state index is 0.344. The molecule has 3 rings (SSSR count). The molecule has 0 N–H and O–H groups in total. The first-order chi connectivity index (χ1) is 10.2. The van der Waals surface area contributed by atoms with Crippen molar-refractivity contribution < 1.29 is 0 Å². The Morgan fingerprint density at radius 1 is 1.14 bits per heavy atom. The van der Waals surface area contributed by atoms with E-state index in [1.165, 1.54) is 0 Å². The summed E-state index contributed by atoms with van der Waals surface area (Å²) < 4.78 is 1.94. The van der Waals surface area contributed by atoms with E-state index in [0.717, 1.165) is 22.3 Å². The molecule has 0 amide bonds. The largest absolute Gasteiger partial charge is 0.333 e. The highest BCUT2D eigenvalue weighted by Crippen LogP contribution is 2.30. The van der Waals surface area contributed by atoms with Gasteiger partial charge in [-0.2, -0.15) is 0 Å². The molecule has 0 aliphatic carbocycles. The summed E-state index contributed by atoms with van der Waals surface area (Å²) in [7, 11) is 4.60. The third-order valence-electron chi connectivity index (χ3n) is 3.21. The number of imidazole rings is 1. The zero-order chi connectivity index (χ0) is 14.8. The molecular weight excluding hydrogens is 283 g/mol.